The van der Waals surface area contributed by atoms with Crippen molar-refractivity contribution in [2.75, 3.05) is 5.32 Å². The number of nitrogens with one attached hydrogen (secondary N) is 1. The zero-order chi connectivity index (χ0) is 14.8. The van der Waals surface area contributed by atoms with Gasteiger partial charge in [-0.05, 0) is 45.1 Å². The summed E-state index contributed by atoms with van der Waals surface area (Å²) in [5.74, 6) is 0.385. The molecule has 0 fully saturated rings. The number of nitrogens with zero attached hydrogens (tertiary/aromatic N) is 1. The molecule has 0 saturated carbocycles. The second-order valence-electron chi connectivity index (χ2n) is 5.58. The second kappa shape index (κ2) is 5.75. The van der Waals surface area contributed by atoms with Crippen molar-refractivity contribution in [2.45, 2.75) is 26.2 Å². The Morgan fingerprint density at radius 3 is 2.50 bits per heavy atom. The van der Waals surface area contributed by atoms with Crippen molar-refractivity contribution in [3.8, 4) is 0 Å². The maximum Gasteiger partial charge on any atom is 0.257 e. The van der Waals surface area contributed by atoms with Crippen molar-refractivity contribution in [3.63, 3.8) is 0 Å². The number of carbonyl (C=O) groups is 1. The van der Waals surface area contributed by atoms with Crippen LogP contribution in [0, 0.1) is 0 Å². The largest absolute Gasteiger partial charge is 0.306 e. The van der Waals surface area contributed by atoms with Crippen LogP contribution in [0.1, 0.15) is 36.7 Å². The third kappa shape index (κ3) is 3.25. The van der Waals surface area contributed by atoms with Crippen LogP contribution in [0.2, 0.25) is 0 Å². The monoisotopic (exact) mass is 332 g/mol. The Kier molecular flexibility index (Phi) is 4.23. The normalized spacial score (nSPS) is 11.2. The zero-order valence-corrected chi connectivity index (χ0v) is 13.4. The highest BCUT2D eigenvalue weighted by Crippen LogP contribution is 2.27. The van der Waals surface area contributed by atoms with E-state index in [1.54, 1.807) is 6.20 Å². The van der Waals surface area contributed by atoms with Crippen molar-refractivity contribution >= 4 is 27.7 Å². The Balaban J connectivity index is 2.34. The molecule has 3 nitrogen and oxygen atoms in total. The van der Waals surface area contributed by atoms with Crippen molar-refractivity contribution in [1.82, 2.24) is 4.98 Å². The van der Waals surface area contributed by atoms with Gasteiger partial charge in [-0.25, -0.2) is 4.98 Å². The van der Waals surface area contributed by atoms with Gasteiger partial charge in [-0.3, -0.25) is 4.79 Å². The Morgan fingerprint density at radius 1 is 1.15 bits per heavy atom. The van der Waals surface area contributed by atoms with Gasteiger partial charge in [0.15, 0.2) is 0 Å². The smallest absolute Gasteiger partial charge is 0.257 e. The molecule has 0 saturated heterocycles. The molecular weight excluding hydrogens is 316 g/mol. The predicted octanol–water partition coefficient (Wildman–Crippen LogP) is 4.39. The van der Waals surface area contributed by atoms with Crippen molar-refractivity contribution < 1.29 is 4.79 Å². The van der Waals surface area contributed by atoms with Crippen molar-refractivity contribution in [1.29, 1.82) is 0 Å². The summed E-state index contributed by atoms with van der Waals surface area (Å²) in [7, 11) is 0. The lowest BCUT2D eigenvalue weighted by Crippen LogP contribution is -2.21. The first-order chi connectivity index (χ1) is 9.39. The van der Waals surface area contributed by atoms with Gasteiger partial charge in [0, 0.05) is 11.8 Å². The number of rotatable bonds is 2. The van der Waals surface area contributed by atoms with E-state index in [9.17, 15) is 4.79 Å². The topological polar surface area (TPSA) is 42.0 Å². The fourth-order valence-corrected chi connectivity index (χ4v) is 2.34. The minimum absolute atomic E-state index is 0.0880. The maximum absolute atomic E-state index is 12.5. The van der Waals surface area contributed by atoms with E-state index in [4.69, 9.17) is 0 Å². The molecule has 0 atom stereocenters. The fraction of sp³-hybridized carbons (Fsp3) is 0.250. The highest BCUT2D eigenvalue weighted by molar-refractivity contribution is 9.10. The minimum Gasteiger partial charge on any atom is -0.306 e. The quantitative estimate of drug-likeness (QED) is 0.885. The highest BCUT2D eigenvalue weighted by atomic mass is 79.9. The molecule has 2 rings (SSSR count). The molecule has 4 heteroatoms. The summed E-state index contributed by atoms with van der Waals surface area (Å²) in [6.45, 7) is 6.28. The van der Waals surface area contributed by atoms with E-state index in [0.717, 1.165) is 10.0 Å². The van der Waals surface area contributed by atoms with Crippen LogP contribution in [0.15, 0.2) is 47.1 Å². The van der Waals surface area contributed by atoms with Gasteiger partial charge in [0.1, 0.15) is 5.82 Å². The molecular formula is C16H17BrN2O. The van der Waals surface area contributed by atoms with E-state index >= 15 is 0 Å². The van der Waals surface area contributed by atoms with Gasteiger partial charge >= 0.3 is 0 Å². The number of aromatic nitrogens is 1. The molecule has 1 heterocycles. The lowest BCUT2D eigenvalue weighted by atomic mass is 9.83. The summed E-state index contributed by atoms with van der Waals surface area (Å²) >= 11 is 3.38. The summed E-state index contributed by atoms with van der Waals surface area (Å²) in [5, 5.41) is 2.84. The van der Waals surface area contributed by atoms with Gasteiger partial charge in [-0.1, -0.05) is 39.0 Å². The van der Waals surface area contributed by atoms with E-state index in [-0.39, 0.29) is 11.3 Å². The molecule has 0 radical (unpaired) electrons. The number of pyridine rings is 1. The number of carbonyl (C=O) groups excluding carboxylic acids is 1. The number of benzene rings is 1. The molecule has 1 aromatic carbocycles. The molecule has 1 aromatic heterocycles. The Bertz CT molecular complexity index is 632. The summed E-state index contributed by atoms with van der Waals surface area (Å²) < 4.78 is 0.765. The van der Waals surface area contributed by atoms with Gasteiger partial charge in [0.05, 0.1) is 4.47 Å². The maximum atomic E-state index is 12.5. The average molecular weight is 333 g/mol. The van der Waals surface area contributed by atoms with Crippen LogP contribution >= 0.6 is 15.9 Å². The highest BCUT2D eigenvalue weighted by Gasteiger charge is 2.21. The molecule has 20 heavy (non-hydrogen) atoms. The first-order valence-corrected chi connectivity index (χ1v) is 7.20. The van der Waals surface area contributed by atoms with Gasteiger partial charge in [-0.2, -0.15) is 0 Å². The molecule has 104 valence electrons. The number of anilines is 1. The minimum atomic E-state index is -0.144. The Labute approximate surface area is 127 Å². The lowest BCUT2D eigenvalue weighted by Gasteiger charge is -2.22. The van der Waals surface area contributed by atoms with Crippen LogP contribution in [-0.2, 0) is 5.41 Å². The predicted molar refractivity (Wildman–Crippen MR) is 85.0 cm³/mol. The van der Waals surface area contributed by atoms with Gasteiger partial charge in [0.2, 0.25) is 0 Å². The molecule has 0 aliphatic rings. The van der Waals surface area contributed by atoms with Crippen LogP contribution < -0.4 is 5.32 Å². The molecule has 1 amide bonds. The SMILES string of the molecule is CC(C)(C)c1ccccc1C(=O)Nc1ncccc1Br. The van der Waals surface area contributed by atoms with E-state index < -0.39 is 0 Å². The number of hydrogen-bond acceptors (Lipinski definition) is 2. The third-order valence-electron chi connectivity index (χ3n) is 2.97. The molecule has 0 aliphatic heterocycles. The Morgan fingerprint density at radius 2 is 1.85 bits per heavy atom. The average Bonchev–Trinajstić information content (AvgIpc) is 2.40. The van der Waals surface area contributed by atoms with Crippen LogP contribution in [0.4, 0.5) is 5.82 Å². The molecule has 0 spiro atoms. The molecule has 0 bridgehead atoms. The number of hydrogen-bond donors (Lipinski definition) is 1. The number of amides is 1. The van der Waals surface area contributed by atoms with E-state index in [2.05, 4.69) is 47.0 Å². The lowest BCUT2D eigenvalue weighted by molar-refractivity contribution is 0.102. The van der Waals surface area contributed by atoms with Gasteiger partial charge < -0.3 is 5.32 Å². The zero-order valence-electron chi connectivity index (χ0n) is 11.8. The van der Waals surface area contributed by atoms with E-state index in [1.807, 2.05) is 36.4 Å². The number of halogens is 1. The van der Waals surface area contributed by atoms with Crippen LogP contribution in [0.3, 0.4) is 0 Å². The summed E-state index contributed by atoms with van der Waals surface area (Å²) in [4.78, 5) is 16.6. The van der Waals surface area contributed by atoms with E-state index in [0.29, 0.717) is 11.4 Å². The van der Waals surface area contributed by atoms with Gasteiger partial charge in [0.25, 0.3) is 5.91 Å². The van der Waals surface area contributed by atoms with Gasteiger partial charge in [-0.15, -0.1) is 0 Å². The van der Waals surface area contributed by atoms with Crippen LogP contribution in [-0.4, -0.2) is 10.9 Å². The molecule has 0 unspecified atom stereocenters. The summed E-state index contributed by atoms with van der Waals surface area (Å²) in [5.41, 5.74) is 1.61. The van der Waals surface area contributed by atoms with E-state index in [1.165, 1.54) is 0 Å². The van der Waals surface area contributed by atoms with Crippen LogP contribution in [0.5, 0.6) is 0 Å². The standard InChI is InChI=1S/C16H17BrN2O/c1-16(2,3)12-8-5-4-7-11(12)15(20)19-14-13(17)9-6-10-18-14/h4-10H,1-3H3,(H,18,19,20). The third-order valence-corrected chi connectivity index (χ3v) is 3.61. The van der Waals surface area contributed by atoms with Crippen molar-refractivity contribution in [2.24, 2.45) is 0 Å². The summed E-state index contributed by atoms with van der Waals surface area (Å²) in [6, 6.07) is 11.3. The first kappa shape index (κ1) is 14.7. The van der Waals surface area contributed by atoms with Crippen molar-refractivity contribution in [3.05, 3.63) is 58.2 Å². The second-order valence-corrected chi connectivity index (χ2v) is 6.44. The first-order valence-electron chi connectivity index (χ1n) is 6.41. The van der Waals surface area contributed by atoms with Crippen LogP contribution in [0.25, 0.3) is 0 Å². The molecule has 1 N–H and O–H groups in total. The summed E-state index contributed by atoms with van der Waals surface area (Å²) in [6.07, 6.45) is 1.65. The fourth-order valence-electron chi connectivity index (χ4n) is 1.99. The Hall–Kier alpha value is -1.68. The molecule has 2 aromatic rings. The molecule has 0 aliphatic carbocycles.